The SMILES string of the molecule is CCOC(=O)CNC(=O)COc1cc(C(=N)N)ccc1CNC(=O)c1cc(Cl)cc(OCc2cc(Cl)cc(Cl)c2)c1. The number of amidine groups is 1. The molecule has 10 nitrogen and oxygen atoms in total. The Morgan fingerprint density at radius 2 is 1.59 bits per heavy atom. The Kier molecular flexibility index (Phi) is 11.6. The maximum absolute atomic E-state index is 13.0. The molecule has 0 fully saturated rings. The molecule has 0 saturated heterocycles. The summed E-state index contributed by atoms with van der Waals surface area (Å²) in [5.74, 6) is -1.21. The molecule has 0 aliphatic rings. The monoisotopic (exact) mass is 620 g/mol. The van der Waals surface area contributed by atoms with Gasteiger partial charge in [-0.15, -0.1) is 0 Å². The molecule has 0 heterocycles. The number of carbonyl (C=O) groups excluding carboxylic acids is 3. The number of nitrogen functional groups attached to an aromatic ring is 1. The summed E-state index contributed by atoms with van der Waals surface area (Å²) in [5.41, 5.74) is 7.45. The molecule has 3 aromatic carbocycles. The first kappa shape index (κ1) is 31.5. The van der Waals surface area contributed by atoms with Gasteiger partial charge in [-0.1, -0.05) is 46.9 Å². The Balaban J connectivity index is 1.66. The van der Waals surface area contributed by atoms with Crippen LogP contribution in [-0.4, -0.2) is 43.4 Å². The summed E-state index contributed by atoms with van der Waals surface area (Å²) in [4.78, 5) is 36.6. The zero-order valence-corrected chi connectivity index (χ0v) is 24.2. The first-order valence-electron chi connectivity index (χ1n) is 12.2. The lowest BCUT2D eigenvalue weighted by Gasteiger charge is -2.14. The fourth-order valence-electron chi connectivity index (χ4n) is 3.50. The van der Waals surface area contributed by atoms with Crippen LogP contribution in [0.15, 0.2) is 54.6 Å². The van der Waals surface area contributed by atoms with E-state index in [-0.39, 0.29) is 43.5 Å². The second-order valence-corrected chi connectivity index (χ2v) is 9.84. The minimum absolute atomic E-state index is 0.0144. The van der Waals surface area contributed by atoms with Gasteiger partial charge in [0.15, 0.2) is 6.61 Å². The molecule has 0 aliphatic heterocycles. The Labute approximate surface area is 251 Å². The number of rotatable bonds is 13. The Bertz CT molecular complexity index is 1430. The van der Waals surface area contributed by atoms with Crippen LogP contribution in [-0.2, 0) is 27.5 Å². The van der Waals surface area contributed by atoms with Crippen molar-refractivity contribution in [1.29, 1.82) is 5.41 Å². The number of carbonyl (C=O) groups is 3. The molecule has 41 heavy (non-hydrogen) atoms. The number of amides is 2. The van der Waals surface area contributed by atoms with Crippen LogP contribution in [0.3, 0.4) is 0 Å². The van der Waals surface area contributed by atoms with Gasteiger partial charge in [0.25, 0.3) is 11.8 Å². The summed E-state index contributed by atoms with van der Waals surface area (Å²) >= 11 is 18.3. The number of halogens is 3. The average Bonchev–Trinajstić information content (AvgIpc) is 2.92. The third-order valence-electron chi connectivity index (χ3n) is 5.37. The molecule has 0 spiro atoms. The zero-order chi connectivity index (χ0) is 29.9. The molecule has 0 saturated carbocycles. The molecule has 5 N–H and O–H groups in total. The summed E-state index contributed by atoms with van der Waals surface area (Å²) in [6.07, 6.45) is 0. The van der Waals surface area contributed by atoms with Crippen LogP contribution >= 0.6 is 34.8 Å². The highest BCUT2D eigenvalue weighted by atomic mass is 35.5. The van der Waals surface area contributed by atoms with Gasteiger partial charge in [-0.3, -0.25) is 19.8 Å². The van der Waals surface area contributed by atoms with E-state index in [1.807, 2.05) is 0 Å². The number of ether oxygens (including phenoxy) is 3. The van der Waals surface area contributed by atoms with Gasteiger partial charge in [-0.05, 0) is 55.0 Å². The lowest BCUT2D eigenvalue weighted by Crippen LogP contribution is -2.34. The van der Waals surface area contributed by atoms with Crippen molar-refractivity contribution >= 4 is 58.4 Å². The van der Waals surface area contributed by atoms with E-state index in [4.69, 9.17) is 60.2 Å². The highest BCUT2D eigenvalue weighted by Gasteiger charge is 2.14. The molecule has 216 valence electrons. The van der Waals surface area contributed by atoms with Gasteiger partial charge in [0.05, 0.1) is 6.61 Å². The van der Waals surface area contributed by atoms with E-state index in [2.05, 4.69) is 10.6 Å². The van der Waals surface area contributed by atoms with Crippen molar-refractivity contribution in [3.63, 3.8) is 0 Å². The van der Waals surface area contributed by atoms with Crippen LogP contribution in [0.25, 0.3) is 0 Å². The lowest BCUT2D eigenvalue weighted by molar-refractivity contribution is -0.143. The zero-order valence-electron chi connectivity index (χ0n) is 21.9. The molecule has 0 atom stereocenters. The maximum Gasteiger partial charge on any atom is 0.325 e. The molecule has 0 bridgehead atoms. The molecular formula is C28H27Cl3N4O6. The van der Waals surface area contributed by atoms with E-state index < -0.39 is 24.4 Å². The molecule has 0 unspecified atom stereocenters. The molecule has 2 amide bonds. The average molecular weight is 622 g/mol. The van der Waals surface area contributed by atoms with Crippen molar-refractivity contribution in [3.8, 4) is 11.5 Å². The Hall–Kier alpha value is -3.99. The van der Waals surface area contributed by atoms with E-state index >= 15 is 0 Å². The highest BCUT2D eigenvalue weighted by Crippen LogP contribution is 2.25. The number of nitrogens with two attached hydrogens (primary N) is 1. The standard InChI is InChI=1S/C28H27Cl3N4O6/c1-2-39-26(37)13-34-25(36)15-41-24-9-17(27(32)33)3-4-18(24)12-35-28(38)19-7-22(31)11-23(8-19)40-14-16-5-20(29)10-21(30)6-16/h3-11H,2,12-15H2,1H3,(H3,32,33)(H,34,36)(H,35,38). The van der Waals surface area contributed by atoms with Crippen molar-refractivity contribution in [2.24, 2.45) is 5.73 Å². The van der Waals surface area contributed by atoms with Gasteiger partial charge in [0.1, 0.15) is 30.5 Å². The predicted octanol–water partition coefficient (Wildman–Crippen LogP) is 4.50. The van der Waals surface area contributed by atoms with Crippen molar-refractivity contribution < 1.29 is 28.6 Å². The van der Waals surface area contributed by atoms with Crippen LogP contribution in [0.1, 0.15) is 34.0 Å². The van der Waals surface area contributed by atoms with E-state index in [0.29, 0.717) is 31.9 Å². The normalized spacial score (nSPS) is 10.4. The molecule has 0 aliphatic carbocycles. The minimum Gasteiger partial charge on any atom is -0.489 e. The smallest absolute Gasteiger partial charge is 0.325 e. The fraction of sp³-hybridized carbons (Fsp3) is 0.214. The number of benzene rings is 3. The Morgan fingerprint density at radius 1 is 0.878 bits per heavy atom. The second-order valence-electron chi connectivity index (χ2n) is 8.53. The van der Waals surface area contributed by atoms with Gasteiger partial charge in [-0.25, -0.2) is 0 Å². The molecule has 13 heteroatoms. The second kappa shape index (κ2) is 15.1. The van der Waals surface area contributed by atoms with E-state index in [1.54, 1.807) is 43.3 Å². The molecule has 3 aromatic rings. The van der Waals surface area contributed by atoms with E-state index in [1.165, 1.54) is 18.2 Å². The van der Waals surface area contributed by atoms with Crippen LogP contribution in [0.4, 0.5) is 0 Å². The topological polar surface area (TPSA) is 153 Å². The number of nitrogens with one attached hydrogen (secondary N) is 3. The van der Waals surface area contributed by atoms with Crippen LogP contribution in [0, 0.1) is 5.41 Å². The highest BCUT2D eigenvalue weighted by molar-refractivity contribution is 6.34. The quantitative estimate of drug-likeness (QED) is 0.125. The summed E-state index contributed by atoms with van der Waals surface area (Å²) in [6, 6.07) is 14.3. The van der Waals surface area contributed by atoms with Crippen molar-refractivity contribution in [1.82, 2.24) is 10.6 Å². The van der Waals surface area contributed by atoms with Crippen molar-refractivity contribution in [3.05, 3.63) is 91.9 Å². The van der Waals surface area contributed by atoms with E-state index in [0.717, 1.165) is 5.56 Å². The van der Waals surface area contributed by atoms with Crippen molar-refractivity contribution in [2.45, 2.75) is 20.1 Å². The summed E-state index contributed by atoms with van der Waals surface area (Å²) in [6.45, 7) is 1.29. The minimum atomic E-state index is -0.578. The Morgan fingerprint density at radius 3 is 2.27 bits per heavy atom. The molecule has 0 radical (unpaired) electrons. The molecular weight excluding hydrogens is 595 g/mol. The van der Waals surface area contributed by atoms with Crippen LogP contribution in [0.2, 0.25) is 15.1 Å². The van der Waals surface area contributed by atoms with Gasteiger partial charge in [0.2, 0.25) is 0 Å². The summed E-state index contributed by atoms with van der Waals surface area (Å²) in [7, 11) is 0. The van der Waals surface area contributed by atoms with Gasteiger partial charge in [0, 0.05) is 38.3 Å². The van der Waals surface area contributed by atoms with Gasteiger partial charge in [-0.2, -0.15) is 0 Å². The number of esters is 1. The predicted molar refractivity (Wildman–Crippen MR) is 156 cm³/mol. The van der Waals surface area contributed by atoms with Crippen LogP contribution in [0.5, 0.6) is 11.5 Å². The van der Waals surface area contributed by atoms with Gasteiger partial charge >= 0.3 is 5.97 Å². The third kappa shape index (κ3) is 10.2. The largest absolute Gasteiger partial charge is 0.489 e. The first-order chi connectivity index (χ1) is 19.5. The summed E-state index contributed by atoms with van der Waals surface area (Å²) < 4.78 is 16.2. The first-order valence-corrected chi connectivity index (χ1v) is 13.4. The molecule has 0 aromatic heterocycles. The number of hydrogen-bond acceptors (Lipinski definition) is 7. The maximum atomic E-state index is 13.0. The van der Waals surface area contributed by atoms with Crippen LogP contribution < -0.4 is 25.8 Å². The number of hydrogen-bond donors (Lipinski definition) is 4. The van der Waals surface area contributed by atoms with Gasteiger partial charge < -0.3 is 30.6 Å². The third-order valence-corrected chi connectivity index (χ3v) is 6.03. The lowest BCUT2D eigenvalue weighted by atomic mass is 10.1. The fourth-order valence-corrected chi connectivity index (χ4v) is 4.29. The van der Waals surface area contributed by atoms with Crippen molar-refractivity contribution in [2.75, 3.05) is 19.8 Å². The molecule has 3 rings (SSSR count). The summed E-state index contributed by atoms with van der Waals surface area (Å²) in [5, 5.41) is 14.1. The van der Waals surface area contributed by atoms with E-state index in [9.17, 15) is 14.4 Å².